The minimum Gasteiger partial charge on any atom is -0.366 e. The molecule has 2 heterocycles. The van der Waals surface area contributed by atoms with Crippen LogP contribution in [0.15, 0.2) is 60.9 Å². The molecule has 4 aromatic rings. The van der Waals surface area contributed by atoms with Crippen molar-refractivity contribution in [3.8, 4) is 5.69 Å². The Hall–Kier alpha value is -3.21. The monoisotopic (exact) mass is 346 g/mol. The van der Waals surface area contributed by atoms with Crippen LogP contribution >= 0.6 is 0 Å². The molecular weight excluding hydrogens is 327 g/mol. The van der Waals surface area contributed by atoms with Gasteiger partial charge in [-0.1, -0.05) is 24.3 Å². The molecule has 130 valence electrons. The van der Waals surface area contributed by atoms with Gasteiger partial charge in [-0.15, -0.1) is 0 Å². The maximum Gasteiger partial charge on any atom is 0.147 e. The fourth-order valence-corrected chi connectivity index (χ4v) is 3.12. The Bertz CT molecular complexity index is 1080. The van der Waals surface area contributed by atoms with Crippen LogP contribution < -0.4 is 5.32 Å². The number of nitrogens with zero attached hydrogens (tertiary/aromatic N) is 3. The predicted molar refractivity (Wildman–Crippen MR) is 102 cm³/mol. The maximum atomic E-state index is 14.5. The van der Waals surface area contributed by atoms with Gasteiger partial charge < -0.3 is 9.88 Å². The summed E-state index contributed by atoms with van der Waals surface area (Å²) in [5, 5.41) is 4.43. The number of benzene rings is 2. The lowest BCUT2D eigenvalue weighted by Crippen LogP contribution is -2.04. The predicted octanol–water partition coefficient (Wildman–Crippen LogP) is 4.79. The summed E-state index contributed by atoms with van der Waals surface area (Å²) in [5.41, 5.74) is 3.47. The molecule has 0 aliphatic carbocycles. The van der Waals surface area contributed by atoms with Crippen LogP contribution in [-0.2, 0) is 6.54 Å². The second kappa shape index (κ2) is 6.59. The number of hydrogen-bond acceptors (Lipinski definition) is 3. The van der Waals surface area contributed by atoms with Crippen molar-refractivity contribution >= 4 is 16.7 Å². The lowest BCUT2D eigenvalue weighted by molar-refractivity contribution is 0.614. The molecule has 4 nitrogen and oxygen atoms in total. The summed E-state index contributed by atoms with van der Waals surface area (Å²) in [7, 11) is 0. The van der Waals surface area contributed by atoms with Crippen LogP contribution in [0.4, 0.5) is 10.2 Å². The molecule has 1 N–H and O–H groups in total. The molecule has 0 amide bonds. The Kier molecular flexibility index (Phi) is 4.13. The minimum atomic E-state index is -0.270. The molecule has 0 atom stereocenters. The van der Waals surface area contributed by atoms with Gasteiger partial charge in [0.15, 0.2) is 0 Å². The minimum absolute atomic E-state index is 0.270. The van der Waals surface area contributed by atoms with Gasteiger partial charge in [-0.05, 0) is 49.2 Å². The summed E-state index contributed by atoms with van der Waals surface area (Å²) in [6.45, 7) is 4.42. The van der Waals surface area contributed by atoms with Crippen molar-refractivity contribution in [3.05, 3.63) is 83.7 Å². The lowest BCUT2D eigenvalue weighted by Gasteiger charge is -2.11. The van der Waals surface area contributed by atoms with Crippen molar-refractivity contribution in [1.29, 1.82) is 0 Å². The number of aromatic nitrogens is 3. The molecular formula is C21H19FN4. The van der Waals surface area contributed by atoms with Crippen molar-refractivity contribution in [3.63, 3.8) is 0 Å². The number of anilines is 1. The molecule has 0 saturated heterocycles. The quantitative estimate of drug-likeness (QED) is 0.578. The van der Waals surface area contributed by atoms with Crippen molar-refractivity contribution in [2.75, 3.05) is 5.32 Å². The largest absolute Gasteiger partial charge is 0.366 e. The van der Waals surface area contributed by atoms with E-state index in [1.54, 1.807) is 29.1 Å². The number of pyridine rings is 1. The summed E-state index contributed by atoms with van der Waals surface area (Å²) in [6, 6.07) is 15.3. The molecule has 0 bridgehead atoms. The van der Waals surface area contributed by atoms with Gasteiger partial charge in [-0.25, -0.2) is 14.4 Å². The zero-order valence-electron chi connectivity index (χ0n) is 14.7. The van der Waals surface area contributed by atoms with E-state index < -0.39 is 0 Å². The van der Waals surface area contributed by atoms with Gasteiger partial charge in [0.25, 0.3) is 0 Å². The van der Waals surface area contributed by atoms with Crippen LogP contribution in [0.25, 0.3) is 16.6 Å². The molecule has 0 fully saturated rings. The van der Waals surface area contributed by atoms with E-state index in [9.17, 15) is 4.39 Å². The second-order valence-electron chi connectivity index (χ2n) is 6.33. The van der Waals surface area contributed by atoms with Gasteiger partial charge in [0, 0.05) is 24.3 Å². The van der Waals surface area contributed by atoms with Crippen LogP contribution in [0.2, 0.25) is 0 Å². The Morgan fingerprint density at radius 3 is 2.69 bits per heavy atom. The van der Waals surface area contributed by atoms with Crippen molar-refractivity contribution < 1.29 is 4.39 Å². The molecule has 2 aromatic heterocycles. The summed E-state index contributed by atoms with van der Waals surface area (Å²) >= 11 is 0. The van der Waals surface area contributed by atoms with Gasteiger partial charge in [0.05, 0.1) is 11.2 Å². The lowest BCUT2D eigenvalue weighted by atomic mass is 10.1. The van der Waals surface area contributed by atoms with E-state index >= 15 is 0 Å². The smallest absolute Gasteiger partial charge is 0.147 e. The highest BCUT2D eigenvalue weighted by atomic mass is 19.1. The van der Waals surface area contributed by atoms with Crippen LogP contribution in [0.3, 0.4) is 0 Å². The van der Waals surface area contributed by atoms with E-state index in [2.05, 4.69) is 28.3 Å². The summed E-state index contributed by atoms with van der Waals surface area (Å²) < 4.78 is 16.2. The number of aryl methyl sites for hydroxylation is 2. The highest BCUT2D eigenvalue weighted by Gasteiger charge is 2.08. The molecule has 4 rings (SSSR count). The van der Waals surface area contributed by atoms with Gasteiger partial charge in [-0.3, -0.25) is 0 Å². The van der Waals surface area contributed by atoms with Gasteiger partial charge >= 0.3 is 0 Å². The van der Waals surface area contributed by atoms with E-state index in [1.165, 1.54) is 0 Å². The molecule has 5 heteroatoms. The first-order chi connectivity index (χ1) is 12.6. The summed E-state index contributed by atoms with van der Waals surface area (Å²) in [6.07, 6.45) is 3.42. The molecule has 0 saturated carbocycles. The first-order valence-electron chi connectivity index (χ1n) is 8.51. The highest BCUT2D eigenvalue weighted by Crippen LogP contribution is 2.21. The fourth-order valence-electron chi connectivity index (χ4n) is 3.12. The van der Waals surface area contributed by atoms with Gasteiger partial charge in [0.1, 0.15) is 17.5 Å². The molecule has 0 aliphatic rings. The first-order valence-corrected chi connectivity index (χ1v) is 8.51. The number of imidazole rings is 1. The van der Waals surface area contributed by atoms with E-state index in [-0.39, 0.29) is 5.82 Å². The highest BCUT2D eigenvalue weighted by molar-refractivity contribution is 5.83. The third-order valence-corrected chi connectivity index (χ3v) is 4.49. The third kappa shape index (κ3) is 3.04. The zero-order chi connectivity index (χ0) is 18.1. The van der Waals surface area contributed by atoms with Crippen LogP contribution in [-0.4, -0.2) is 14.5 Å². The second-order valence-corrected chi connectivity index (χ2v) is 6.33. The van der Waals surface area contributed by atoms with Crippen LogP contribution in [0.5, 0.6) is 0 Å². The van der Waals surface area contributed by atoms with Crippen molar-refractivity contribution in [2.45, 2.75) is 20.4 Å². The fraction of sp³-hybridized carbons (Fsp3) is 0.143. The molecule has 2 aromatic carbocycles. The number of fused-ring (bicyclic) bond motifs is 1. The Balaban J connectivity index is 1.55. The first kappa shape index (κ1) is 16.3. The normalized spacial score (nSPS) is 11.0. The van der Waals surface area contributed by atoms with E-state index in [1.807, 2.05) is 37.3 Å². The number of nitrogens with one attached hydrogen (secondary N) is 1. The summed E-state index contributed by atoms with van der Waals surface area (Å²) in [5.74, 6) is 1.27. The Morgan fingerprint density at radius 1 is 1.08 bits per heavy atom. The number of rotatable bonds is 4. The Morgan fingerprint density at radius 2 is 1.92 bits per heavy atom. The molecule has 0 spiro atoms. The van der Waals surface area contributed by atoms with E-state index in [0.717, 1.165) is 33.7 Å². The van der Waals surface area contributed by atoms with Crippen molar-refractivity contribution in [1.82, 2.24) is 14.5 Å². The van der Waals surface area contributed by atoms with Gasteiger partial charge in [-0.2, -0.15) is 0 Å². The van der Waals surface area contributed by atoms with Gasteiger partial charge in [0.2, 0.25) is 0 Å². The van der Waals surface area contributed by atoms with E-state index in [4.69, 9.17) is 0 Å². The Labute approximate surface area is 151 Å². The van der Waals surface area contributed by atoms with Crippen LogP contribution in [0.1, 0.15) is 17.0 Å². The number of para-hydroxylation sites is 1. The van der Waals surface area contributed by atoms with Crippen molar-refractivity contribution in [2.24, 2.45) is 0 Å². The van der Waals surface area contributed by atoms with Crippen LogP contribution in [0, 0.1) is 19.7 Å². The molecule has 26 heavy (non-hydrogen) atoms. The number of halogens is 1. The molecule has 0 radical (unpaired) electrons. The third-order valence-electron chi connectivity index (χ3n) is 4.49. The summed E-state index contributed by atoms with van der Waals surface area (Å²) in [4.78, 5) is 8.77. The topological polar surface area (TPSA) is 42.7 Å². The maximum absolute atomic E-state index is 14.5. The SMILES string of the molecule is Cc1cc(NCc2ccc(-n3ccnc3C)c(F)c2)nc2ccccc12. The van der Waals surface area contributed by atoms with E-state index in [0.29, 0.717) is 12.2 Å². The number of hydrogen-bond donors (Lipinski definition) is 1. The molecule has 0 unspecified atom stereocenters. The standard InChI is InChI=1S/C21H19FN4/c1-14-11-21(25-19-6-4-3-5-17(14)19)24-13-16-7-8-20(18(22)12-16)26-10-9-23-15(26)2/h3-12H,13H2,1-2H3,(H,24,25). The average Bonchev–Trinajstić information content (AvgIpc) is 3.06. The zero-order valence-corrected chi connectivity index (χ0v) is 14.7. The average molecular weight is 346 g/mol. The molecule has 0 aliphatic heterocycles.